The lowest BCUT2D eigenvalue weighted by Gasteiger charge is -2.08. The maximum absolute atomic E-state index is 9.12. The third kappa shape index (κ3) is 2.16. The minimum Gasteiger partial charge on any atom is -0.390 e. The molecule has 0 saturated heterocycles. The first-order chi connectivity index (χ1) is 6.83. The molecule has 0 radical (unpaired) electrons. The molecule has 4 nitrogen and oxygen atoms in total. The van der Waals surface area contributed by atoms with Crippen molar-refractivity contribution in [2.24, 2.45) is 0 Å². The predicted octanol–water partition coefficient (Wildman–Crippen LogP) is 1.27. The molecule has 1 aromatic rings. The molecule has 1 aliphatic carbocycles. The Morgan fingerprint density at radius 3 is 3.00 bits per heavy atom. The highest BCUT2D eigenvalue weighted by Gasteiger charge is 2.22. The molecule has 0 spiro atoms. The molecule has 2 rings (SSSR count). The topological polar surface area (TPSA) is 58.0 Å². The number of thioether (sulfide) groups is 1. The predicted molar refractivity (Wildman–Crippen MR) is 56.4 cm³/mol. The van der Waals surface area contributed by atoms with Crippen LogP contribution >= 0.6 is 11.8 Å². The number of rotatable bonds is 4. The summed E-state index contributed by atoms with van der Waals surface area (Å²) < 4.78 is 0. The maximum atomic E-state index is 9.12. The Morgan fingerprint density at radius 1 is 1.64 bits per heavy atom. The van der Waals surface area contributed by atoms with Crippen LogP contribution in [-0.4, -0.2) is 27.4 Å². The average molecular weight is 211 g/mol. The zero-order valence-corrected chi connectivity index (χ0v) is 8.84. The van der Waals surface area contributed by atoms with Gasteiger partial charge in [-0.15, -0.1) is 11.8 Å². The summed E-state index contributed by atoms with van der Waals surface area (Å²) in [6, 6.07) is 0.537. The number of nitrogens with zero attached hydrogens (tertiary/aromatic N) is 2. The SMILES string of the molecule is CSc1cnc(NC2CC2)c(CO)n1. The normalized spacial score (nSPS) is 15.6. The van der Waals surface area contributed by atoms with Crippen LogP contribution in [0.5, 0.6) is 0 Å². The minimum absolute atomic E-state index is 0.0591. The van der Waals surface area contributed by atoms with Crippen LogP contribution in [0, 0.1) is 0 Å². The average Bonchev–Trinajstić information content (AvgIpc) is 3.02. The van der Waals surface area contributed by atoms with Crippen molar-refractivity contribution in [2.75, 3.05) is 11.6 Å². The molecule has 1 aromatic heterocycles. The molecule has 2 N–H and O–H groups in total. The Morgan fingerprint density at radius 2 is 2.43 bits per heavy atom. The summed E-state index contributed by atoms with van der Waals surface area (Å²) in [5.74, 6) is 0.729. The van der Waals surface area contributed by atoms with Gasteiger partial charge in [-0.25, -0.2) is 9.97 Å². The molecule has 76 valence electrons. The van der Waals surface area contributed by atoms with Crippen LogP contribution in [0.1, 0.15) is 18.5 Å². The van der Waals surface area contributed by atoms with Crippen LogP contribution in [0.15, 0.2) is 11.2 Å². The van der Waals surface area contributed by atoms with E-state index in [4.69, 9.17) is 5.11 Å². The lowest BCUT2D eigenvalue weighted by molar-refractivity contribution is 0.276. The first-order valence-corrected chi connectivity index (χ1v) is 5.83. The number of anilines is 1. The van der Waals surface area contributed by atoms with Gasteiger partial charge in [0.05, 0.1) is 12.8 Å². The molecule has 0 atom stereocenters. The molecule has 1 fully saturated rings. The smallest absolute Gasteiger partial charge is 0.150 e. The van der Waals surface area contributed by atoms with Crippen LogP contribution < -0.4 is 5.32 Å². The summed E-state index contributed by atoms with van der Waals surface area (Å²) in [6.45, 7) is -0.0591. The first kappa shape index (κ1) is 9.73. The highest BCUT2D eigenvalue weighted by Crippen LogP contribution is 2.25. The zero-order chi connectivity index (χ0) is 9.97. The van der Waals surface area contributed by atoms with Crippen molar-refractivity contribution < 1.29 is 5.11 Å². The van der Waals surface area contributed by atoms with E-state index in [1.807, 2.05) is 6.26 Å². The van der Waals surface area contributed by atoms with Gasteiger partial charge in [-0.2, -0.15) is 0 Å². The number of aliphatic hydroxyl groups excluding tert-OH is 1. The molecular formula is C9H13N3OS. The lowest BCUT2D eigenvalue weighted by Crippen LogP contribution is -2.08. The van der Waals surface area contributed by atoms with Gasteiger partial charge in [-0.3, -0.25) is 0 Å². The van der Waals surface area contributed by atoms with Gasteiger partial charge < -0.3 is 10.4 Å². The molecule has 0 bridgehead atoms. The van der Waals surface area contributed by atoms with E-state index in [1.165, 1.54) is 24.6 Å². The zero-order valence-electron chi connectivity index (χ0n) is 8.03. The second kappa shape index (κ2) is 4.14. The van der Waals surface area contributed by atoms with Crippen LogP contribution in [0.4, 0.5) is 5.82 Å². The Kier molecular flexibility index (Phi) is 2.88. The summed E-state index contributed by atoms with van der Waals surface area (Å²) in [5.41, 5.74) is 0.642. The molecular weight excluding hydrogens is 198 g/mol. The molecule has 5 heteroatoms. The van der Waals surface area contributed by atoms with Crippen molar-refractivity contribution in [3.05, 3.63) is 11.9 Å². The first-order valence-electron chi connectivity index (χ1n) is 4.61. The molecule has 1 saturated carbocycles. The van der Waals surface area contributed by atoms with Crippen molar-refractivity contribution in [1.82, 2.24) is 9.97 Å². The Labute approximate surface area is 87.2 Å². The highest BCUT2D eigenvalue weighted by atomic mass is 32.2. The van der Waals surface area contributed by atoms with E-state index in [1.54, 1.807) is 6.20 Å². The lowest BCUT2D eigenvalue weighted by atomic mass is 10.4. The summed E-state index contributed by atoms with van der Waals surface area (Å²) in [5, 5.41) is 13.2. The van der Waals surface area contributed by atoms with Crippen LogP contribution in [0.2, 0.25) is 0 Å². The van der Waals surface area contributed by atoms with E-state index in [0.29, 0.717) is 11.7 Å². The van der Waals surface area contributed by atoms with E-state index in [2.05, 4.69) is 15.3 Å². The van der Waals surface area contributed by atoms with E-state index in [-0.39, 0.29) is 6.61 Å². The third-order valence-electron chi connectivity index (χ3n) is 2.10. The van der Waals surface area contributed by atoms with Gasteiger partial charge in [0.2, 0.25) is 0 Å². The second-order valence-corrected chi connectivity index (χ2v) is 4.11. The van der Waals surface area contributed by atoms with Crippen LogP contribution in [0.3, 0.4) is 0 Å². The van der Waals surface area contributed by atoms with Crippen LogP contribution in [0.25, 0.3) is 0 Å². The van der Waals surface area contributed by atoms with Crippen molar-refractivity contribution in [3.63, 3.8) is 0 Å². The highest BCUT2D eigenvalue weighted by molar-refractivity contribution is 7.98. The number of hydrogen-bond donors (Lipinski definition) is 2. The molecule has 1 aliphatic rings. The van der Waals surface area contributed by atoms with Gasteiger partial charge >= 0.3 is 0 Å². The summed E-state index contributed by atoms with van der Waals surface area (Å²) in [4.78, 5) is 8.52. The van der Waals surface area contributed by atoms with Crippen molar-refractivity contribution >= 4 is 17.6 Å². The molecule has 1 heterocycles. The van der Waals surface area contributed by atoms with Crippen molar-refractivity contribution in [3.8, 4) is 0 Å². The molecule has 14 heavy (non-hydrogen) atoms. The van der Waals surface area contributed by atoms with Gasteiger partial charge in [0.25, 0.3) is 0 Å². The summed E-state index contributed by atoms with van der Waals surface area (Å²) in [6.07, 6.45) is 6.06. The number of nitrogens with one attached hydrogen (secondary N) is 1. The quantitative estimate of drug-likeness (QED) is 0.734. The third-order valence-corrected chi connectivity index (χ3v) is 2.71. The number of aromatic nitrogens is 2. The fraction of sp³-hybridized carbons (Fsp3) is 0.556. The Balaban J connectivity index is 2.19. The number of hydrogen-bond acceptors (Lipinski definition) is 5. The maximum Gasteiger partial charge on any atom is 0.150 e. The fourth-order valence-electron chi connectivity index (χ4n) is 1.16. The summed E-state index contributed by atoms with van der Waals surface area (Å²) >= 11 is 1.53. The van der Waals surface area contributed by atoms with Gasteiger partial charge in [0.15, 0.2) is 0 Å². The fourth-order valence-corrected chi connectivity index (χ4v) is 1.52. The molecule has 0 aromatic carbocycles. The van der Waals surface area contributed by atoms with Gasteiger partial charge in [0.1, 0.15) is 16.5 Å². The van der Waals surface area contributed by atoms with E-state index >= 15 is 0 Å². The molecule has 0 amide bonds. The molecule has 0 unspecified atom stereocenters. The monoisotopic (exact) mass is 211 g/mol. The van der Waals surface area contributed by atoms with Gasteiger partial charge in [0, 0.05) is 6.04 Å². The summed E-state index contributed by atoms with van der Waals surface area (Å²) in [7, 11) is 0. The van der Waals surface area contributed by atoms with E-state index < -0.39 is 0 Å². The second-order valence-electron chi connectivity index (χ2n) is 3.28. The van der Waals surface area contributed by atoms with Crippen molar-refractivity contribution in [1.29, 1.82) is 0 Å². The van der Waals surface area contributed by atoms with Gasteiger partial charge in [-0.1, -0.05) is 0 Å². The largest absolute Gasteiger partial charge is 0.390 e. The van der Waals surface area contributed by atoms with Crippen molar-refractivity contribution in [2.45, 2.75) is 30.5 Å². The minimum atomic E-state index is -0.0591. The standard InChI is InChI=1S/C9H13N3OS/c1-14-8-4-10-9(7(5-13)12-8)11-6-2-3-6/h4,6,13H,2-3,5H2,1H3,(H,10,11). The van der Waals surface area contributed by atoms with Gasteiger partial charge in [-0.05, 0) is 19.1 Å². The number of aliphatic hydroxyl groups is 1. The Bertz CT molecular complexity index is 328. The van der Waals surface area contributed by atoms with E-state index in [0.717, 1.165) is 10.8 Å². The Hall–Kier alpha value is -0.810. The van der Waals surface area contributed by atoms with E-state index in [9.17, 15) is 0 Å². The molecule has 0 aliphatic heterocycles. The van der Waals surface area contributed by atoms with Crippen LogP contribution in [-0.2, 0) is 6.61 Å².